The van der Waals surface area contributed by atoms with E-state index in [1.54, 1.807) is 24.3 Å². The van der Waals surface area contributed by atoms with Gasteiger partial charge in [0.1, 0.15) is 0 Å². The Balaban J connectivity index is 2.59. The smallest absolute Gasteiger partial charge is 0.207 e. The van der Waals surface area contributed by atoms with E-state index in [0.29, 0.717) is 20.1 Å². The van der Waals surface area contributed by atoms with Crippen molar-refractivity contribution in [3.8, 4) is 0 Å². The summed E-state index contributed by atoms with van der Waals surface area (Å²) < 4.78 is 47.8. The highest BCUT2D eigenvalue weighted by Gasteiger charge is 2.17. The van der Waals surface area contributed by atoms with Crippen LogP contribution in [-0.2, 0) is 18.1 Å². The van der Waals surface area contributed by atoms with Crippen molar-refractivity contribution in [3.63, 3.8) is 0 Å². The summed E-state index contributed by atoms with van der Waals surface area (Å²) in [7, 11) is 2.94. The van der Waals surface area contributed by atoms with E-state index >= 15 is 0 Å². The van der Waals surface area contributed by atoms with Crippen LogP contribution in [-0.4, -0.2) is 16.8 Å². The topological polar surface area (TPSA) is 68.3 Å². The molecular formula is C14H8Br2Cl2O4S2. The molecule has 0 bridgehead atoms. The number of hydrogen-bond donors (Lipinski definition) is 0. The Hall–Kier alpha value is -0.380. The number of benzene rings is 2. The van der Waals surface area contributed by atoms with Crippen molar-refractivity contribution in [1.29, 1.82) is 0 Å². The Morgan fingerprint density at radius 2 is 1.04 bits per heavy atom. The van der Waals surface area contributed by atoms with E-state index in [9.17, 15) is 16.8 Å². The Morgan fingerprint density at radius 3 is 1.33 bits per heavy atom. The minimum Gasteiger partial charge on any atom is -0.207 e. The van der Waals surface area contributed by atoms with Crippen LogP contribution in [0.4, 0.5) is 0 Å². The third-order valence-electron chi connectivity index (χ3n) is 2.92. The first kappa shape index (κ1) is 19.9. The third-order valence-corrected chi connectivity index (χ3v) is 6.66. The summed E-state index contributed by atoms with van der Waals surface area (Å²) in [5, 5.41) is 0. The average molecular weight is 535 g/mol. The van der Waals surface area contributed by atoms with Gasteiger partial charge in [-0.15, -0.1) is 0 Å². The van der Waals surface area contributed by atoms with Crippen LogP contribution >= 0.6 is 53.2 Å². The molecule has 0 atom stereocenters. The largest absolute Gasteiger partial charge is 0.261 e. The minimum atomic E-state index is -3.97. The molecule has 4 nitrogen and oxygen atoms in total. The Labute approximate surface area is 165 Å². The summed E-state index contributed by atoms with van der Waals surface area (Å²) in [5.41, 5.74) is 0.628. The second kappa shape index (κ2) is 7.47. The lowest BCUT2D eigenvalue weighted by atomic mass is 10.1. The zero-order valence-corrected chi connectivity index (χ0v) is 17.9. The molecule has 0 radical (unpaired) electrons. The fourth-order valence-corrected chi connectivity index (χ4v) is 5.09. The zero-order valence-electron chi connectivity index (χ0n) is 11.6. The average Bonchev–Trinajstić information content (AvgIpc) is 2.45. The van der Waals surface area contributed by atoms with Crippen LogP contribution in [0.25, 0.3) is 12.2 Å². The zero-order chi connectivity index (χ0) is 18.1. The molecular weight excluding hydrogens is 527 g/mol. The lowest BCUT2D eigenvalue weighted by Crippen LogP contribution is -1.96. The molecule has 10 heteroatoms. The van der Waals surface area contributed by atoms with E-state index in [0.717, 1.165) is 0 Å². The molecule has 24 heavy (non-hydrogen) atoms. The standard InChI is InChI=1S/C14H8Br2Cl2O4S2/c15-11-5-3-9(13(7-11)23(17,19)20)1-2-10-4-6-12(16)8-14(10)24(18,21)22/h1-8H. The van der Waals surface area contributed by atoms with E-state index in [4.69, 9.17) is 21.4 Å². The fraction of sp³-hybridized carbons (Fsp3) is 0. The first-order valence-corrected chi connectivity index (χ1v) is 12.4. The van der Waals surface area contributed by atoms with Crippen LogP contribution < -0.4 is 0 Å². The van der Waals surface area contributed by atoms with E-state index in [1.807, 2.05) is 0 Å². The van der Waals surface area contributed by atoms with Crippen molar-refractivity contribution in [2.75, 3.05) is 0 Å². The molecule has 0 unspecified atom stereocenters. The summed E-state index contributed by atoms with van der Waals surface area (Å²) in [5.74, 6) is 0. The van der Waals surface area contributed by atoms with Crippen molar-refractivity contribution in [2.24, 2.45) is 0 Å². The number of rotatable bonds is 4. The van der Waals surface area contributed by atoms with Gasteiger partial charge in [0.05, 0.1) is 9.79 Å². The molecule has 2 aromatic carbocycles. The second-order valence-electron chi connectivity index (χ2n) is 4.57. The molecule has 2 rings (SSSR count). The van der Waals surface area contributed by atoms with Gasteiger partial charge in [0.25, 0.3) is 18.1 Å². The monoisotopic (exact) mass is 532 g/mol. The van der Waals surface area contributed by atoms with Gasteiger partial charge in [-0.1, -0.05) is 56.1 Å². The number of hydrogen-bond acceptors (Lipinski definition) is 4. The lowest BCUT2D eigenvalue weighted by Gasteiger charge is -2.05. The van der Waals surface area contributed by atoms with Gasteiger partial charge in [-0.3, -0.25) is 0 Å². The SMILES string of the molecule is O=S(=O)(Cl)c1cc(Br)ccc1C=Cc1ccc(Br)cc1S(=O)(=O)Cl. The molecule has 2 aromatic rings. The Kier molecular flexibility index (Phi) is 6.21. The van der Waals surface area contributed by atoms with Crippen LogP contribution in [0.15, 0.2) is 55.1 Å². The highest BCUT2D eigenvalue weighted by molar-refractivity contribution is 9.10. The summed E-state index contributed by atoms with van der Waals surface area (Å²) in [6, 6.07) is 9.11. The molecule has 0 aromatic heterocycles. The third kappa shape index (κ3) is 5.06. The molecule has 0 saturated carbocycles. The molecule has 0 N–H and O–H groups in total. The van der Waals surface area contributed by atoms with Gasteiger partial charge in [0.2, 0.25) is 0 Å². The van der Waals surface area contributed by atoms with Crippen molar-refractivity contribution < 1.29 is 16.8 Å². The summed E-state index contributed by atoms with van der Waals surface area (Å²) in [4.78, 5) is -0.190. The lowest BCUT2D eigenvalue weighted by molar-refractivity contribution is 0.607. The van der Waals surface area contributed by atoms with Crippen molar-refractivity contribution in [3.05, 3.63) is 56.5 Å². The maximum atomic E-state index is 11.7. The molecule has 0 saturated heterocycles. The van der Waals surface area contributed by atoms with E-state index < -0.39 is 18.1 Å². The first-order valence-electron chi connectivity index (χ1n) is 6.15. The van der Waals surface area contributed by atoms with Crippen LogP contribution in [0.3, 0.4) is 0 Å². The van der Waals surface area contributed by atoms with Crippen molar-refractivity contribution >= 4 is 83.5 Å². The normalized spacial score (nSPS) is 12.7. The Bertz CT molecular complexity index is 949. The summed E-state index contributed by atoms with van der Waals surface area (Å²) in [6.45, 7) is 0. The minimum absolute atomic E-state index is 0.0952. The first-order chi connectivity index (χ1) is 11.0. The van der Waals surface area contributed by atoms with Crippen LogP contribution in [0, 0.1) is 0 Å². The highest BCUT2D eigenvalue weighted by atomic mass is 79.9. The second-order valence-corrected chi connectivity index (χ2v) is 11.5. The van der Waals surface area contributed by atoms with Crippen LogP contribution in [0.2, 0.25) is 0 Å². The molecule has 0 fully saturated rings. The number of halogens is 4. The molecule has 128 valence electrons. The van der Waals surface area contributed by atoms with Crippen LogP contribution in [0.1, 0.15) is 11.1 Å². The maximum absolute atomic E-state index is 11.7. The molecule has 0 amide bonds. The fourth-order valence-electron chi connectivity index (χ4n) is 1.89. The van der Waals surface area contributed by atoms with E-state index in [1.165, 1.54) is 24.3 Å². The molecule has 0 aliphatic rings. The van der Waals surface area contributed by atoms with Gasteiger partial charge in [0, 0.05) is 30.3 Å². The van der Waals surface area contributed by atoms with E-state index in [-0.39, 0.29) is 9.79 Å². The molecule has 0 aliphatic carbocycles. The van der Waals surface area contributed by atoms with Gasteiger partial charge in [-0.25, -0.2) is 16.8 Å². The van der Waals surface area contributed by atoms with Crippen molar-refractivity contribution in [2.45, 2.75) is 9.79 Å². The Morgan fingerprint density at radius 1 is 0.708 bits per heavy atom. The predicted molar refractivity (Wildman–Crippen MR) is 103 cm³/mol. The van der Waals surface area contributed by atoms with Gasteiger partial charge >= 0.3 is 0 Å². The maximum Gasteiger partial charge on any atom is 0.261 e. The molecule has 0 aliphatic heterocycles. The summed E-state index contributed by atoms with van der Waals surface area (Å²) in [6.07, 6.45) is 2.91. The summed E-state index contributed by atoms with van der Waals surface area (Å²) >= 11 is 6.36. The highest BCUT2D eigenvalue weighted by Crippen LogP contribution is 2.28. The van der Waals surface area contributed by atoms with Gasteiger partial charge < -0.3 is 0 Å². The van der Waals surface area contributed by atoms with Gasteiger partial charge in [-0.05, 0) is 35.4 Å². The predicted octanol–water partition coefficient (Wildman–Crippen LogP) is 5.24. The van der Waals surface area contributed by atoms with Gasteiger partial charge in [-0.2, -0.15) is 0 Å². The quantitative estimate of drug-likeness (QED) is 0.397. The van der Waals surface area contributed by atoms with Crippen LogP contribution in [0.5, 0.6) is 0 Å². The molecule has 0 spiro atoms. The molecule has 0 heterocycles. The van der Waals surface area contributed by atoms with E-state index in [2.05, 4.69) is 31.9 Å². The van der Waals surface area contributed by atoms with Crippen molar-refractivity contribution in [1.82, 2.24) is 0 Å². The van der Waals surface area contributed by atoms with Gasteiger partial charge in [0.15, 0.2) is 0 Å².